The summed E-state index contributed by atoms with van der Waals surface area (Å²) in [5, 5.41) is 9.67. The smallest absolute Gasteiger partial charge is 0.145 e. The lowest BCUT2D eigenvalue weighted by Crippen LogP contribution is -2.11. The van der Waals surface area contributed by atoms with Crippen LogP contribution in [0.4, 0.5) is 17.1 Å². The minimum Gasteiger partial charge on any atom is -0.455 e. The van der Waals surface area contributed by atoms with Gasteiger partial charge in [0.1, 0.15) is 11.2 Å². The van der Waals surface area contributed by atoms with Gasteiger partial charge in [0.25, 0.3) is 0 Å². The maximum Gasteiger partial charge on any atom is 0.145 e. The molecule has 276 valence electrons. The van der Waals surface area contributed by atoms with Crippen LogP contribution in [0.2, 0.25) is 0 Å². The number of nitrogens with zero attached hydrogens (tertiary/aromatic N) is 1. The van der Waals surface area contributed by atoms with Crippen molar-refractivity contribution in [2.45, 2.75) is 0 Å². The number of anilines is 3. The molecule has 12 aromatic rings. The number of para-hydroxylation sites is 1. The molecule has 0 unspecified atom stereocenters. The van der Waals surface area contributed by atoms with E-state index in [1.807, 2.05) is 11.3 Å². The highest BCUT2D eigenvalue weighted by molar-refractivity contribution is 7.26. The average Bonchev–Trinajstić information content (AvgIpc) is 3.90. The first-order chi connectivity index (χ1) is 29.3. The molecule has 59 heavy (non-hydrogen) atoms. The highest BCUT2D eigenvalue weighted by Gasteiger charge is 2.24. The predicted octanol–water partition coefficient (Wildman–Crippen LogP) is 16.7. The fourth-order valence-corrected chi connectivity index (χ4v) is 10.5. The van der Waals surface area contributed by atoms with E-state index in [9.17, 15) is 0 Å². The Labute approximate surface area is 345 Å². The van der Waals surface area contributed by atoms with E-state index in [0.717, 1.165) is 50.1 Å². The zero-order chi connectivity index (χ0) is 38.9. The third kappa shape index (κ3) is 5.40. The lowest BCUT2D eigenvalue weighted by atomic mass is 9.96. The van der Waals surface area contributed by atoms with Gasteiger partial charge in [-0.3, -0.25) is 0 Å². The first-order valence-corrected chi connectivity index (χ1v) is 20.9. The second-order valence-electron chi connectivity index (χ2n) is 15.2. The van der Waals surface area contributed by atoms with Crippen LogP contribution in [0.3, 0.4) is 0 Å². The largest absolute Gasteiger partial charge is 0.455 e. The van der Waals surface area contributed by atoms with E-state index < -0.39 is 0 Å². The van der Waals surface area contributed by atoms with E-state index in [2.05, 4.69) is 217 Å². The van der Waals surface area contributed by atoms with Gasteiger partial charge in [0.05, 0.1) is 16.8 Å². The number of thiophene rings is 1. The van der Waals surface area contributed by atoms with Crippen molar-refractivity contribution in [1.82, 2.24) is 0 Å². The van der Waals surface area contributed by atoms with Crippen LogP contribution >= 0.6 is 11.3 Å². The Morgan fingerprint density at radius 2 is 1.00 bits per heavy atom. The SMILES string of the molecule is c1ccc(-c2ccc(N(c3ccc(-c4cccc5sc6c(-c7ccccc7)cccc6c45)cc3)c3cccc4c3ccc3ccccc34)c3c2oc2ccccc23)cc1. The average molecular weight is 770 g/mol. The summed E-state index contributed by atoms with van der Waals surface area (Å²) in [7, 11) is 0. The number of hydrogen-bond acceptors (Lipinski definition) is 3. The van der Waals surface area contributed by atoms with Crippen molar-refractivity contribution in [3.05, 3.63) is 212 Å². The zero-order valence-corrected chi connectivity index (χ0v) is 32.8. The molecule has 3 heteroatoms. The van der Waals surface area contributed by atoms with Crippen molar-refractivity contribution in [1.29, 1.82) is 0 Å². The molecule has 0 N–H and O–H groups in total. The first-order valence-electron chi connectivity index (χ1n) is 20.1. The molecule has 0 aliphatic heterocycles. The van der Waals surface area contributed by atoms with Crippen LogP contribution in [0.5, 0.6) is 0 Å². The van der Waals surface area contributed by atoms with Crippen molar-refractivity contribution in [2.24, 2.45) is 0 Å². The molecular formula is C56H35NOS. The molecule has 0 bridgehead atoms. The van der Waals surface area contributed by atoms with Crippen molar-refractivity contribution >= 4 is 92.1 Å². The number of benzene rings is 10. The van der Waals surface area contributed by atoms with Gasteiger partial charge in [0.2, 0.25) is 0 Å². The van der Waals surface area contributed by atoms with Gasteiger partial charge >= 0.3 is 0 Å². The number of rotatable bonds is 6. The van der Waals surface area contributed by atoms with Gasteiger partial charge < -0.3 is 9.32 Å². The van der Waals surface area contributed by atoms with Gasteiger partial charge in [-0.15, -0.1) is 11.3 Å². The maximum atomic E-state index is 6.80. The van der Waals surface area contributed by atoms with E-state index in [4.69, 9.17) is 4.42 Å². The third-order valence-corrected chi connectivity index (χ3v) is 13.1. The van der Waals surface area contributed by atoms with E-state index >= 15 is 0 Å². The highest BCUT2D eigenvalue weighted by atomic mass is 32.1. The van der Waals surface area contributed by atoms with Crippen LogP contribution in [-0.4, -0.2) is 0 Å². The third-order valence-electron chi connectivity index (χ3n) is 11.9. The summed E-state index contributed by atoms with van der Waals surface area (Å²) in [5.74, 6) is 0. The Morgan fingerprint density at radius 1 is 0.356 bits per heavy atom. The normalized spacial score (nSPS) is 11.7. The van der Waals surface area contributed by atoms with Gasteiger partial charge in [-0.2, -0.15) is 0 Å². The molecule has 2 aromatic heterocycles. The molecule has 0 amide bonds. The summed E-state index contributed by atoms with van der Waals surface area (Å²) in [6, 6.07) is 76.8. The molecule has 0 atom stereocenters. The van der Waals surface area contributed by atoms with Crippen LogP contribution in [0.25, 0.3) is 97.0 Å². The standard InChI is InChI=1S/C56H35NOS/c1-3-14-36(15-4-1)43-34-35-50(54-47-20-9-10-26-51(47)58-55(43)54)57(49-25-12-23-45-41-19-8-7-18-38(41)30-33-46(45)49)40-31-28-39(29-32-40)42-21-13-27-52-53(42)48-24-11-22-44(56(48)59-52)37-16-5-2-6-17-37/h1-35H. The fourth-order valence-electron chi connectivity index (χ4n) is 9.19. The van der Waals surface area contributed by atoms with E-state index in [1.54, 1.807) is 0 Å². The molecule has 10 aromatic carbocycles. The van der Waals surface area contributed by atoms with E-state index in [-0.39, 0.29) is 0 Å². The highest BCUT2D eigenvalue weighted by Crippen LogP contribution is 2.49. The lowest BCUT2D eigenvalue weighted by Gasteiger charge is -2.28. The summed E-state index contributed by atoms with van der Waals surface area (Å²) < 4.78 is 9.42. The minimum absolute atomic E-state index is 0.873. The van der Waals surface area contributed by atoms with Gasteiger partial charge in [-0.25, -0.2) is 0 Å². The summed E-state index contributed by atoms with van der Waals surface area (Å²) in [6.07, 6.45) is 0. The quantitative estimate of drug-likeness (QED) is 0.157. The molecule has 0 spiro atoms. The fraction of sp³-hybridized carbons (Fsp3) is 0. The van der Waals surface area contributed by atoms with Crippen LogP contribution < -0.4 is 4.90 Å². The van der Waals surface area contributed by atoms with E-state index in [1.165, 1.54) is 64.0 Å². The molecule has 0 saturated heterocycles. The molecule has 2 nitrogen and oxygen atoms in total. The number of hydrogen-bond donors (Lipinski definition) is 0. The number of fused-ring (bicyclic) bond motifs is 9. The van der Waals surface area contributed by atoms with Crippen LogP contribution in [0.15, 0.2) is 217 Å². The van der Waals surface area contributed by atoms with Gasteiger partial charge in [-0.05, 0) is 86.4 Å². The van der Waals surface area contributed by atoms with Gasteiger partial charge in [0.15, 0.2) is 0 Å². The molecule has 2 heterocycles. The first kappa shape index (κ1) is 33.7. The Hall–Kier alpha value is -7.46. The predicted molar refractivity (Wildman–Crippen MR) is 253 cm³/mol. The van der Waals surface area contributed by atoms with Crippen molar-refractivity contribution < 1.29 is 4.42 Å². The molecule has 0 radical (unpaired) electrons. The monoisotopic (exact) mass is 769 g/mol. The van der Waals surface area contributed by atoms with Crippen molar-refractivity contribution in [3.8, 4) is 33.4 Å². The second kappa shape index (κ2) is 13.6. The molecule has 12 rings (SSSR count). The van der Waals surface area contributed by atoms with Crippen LogP contribution in [0, 0.1) is 0 Å². The molecule has 0 aliphatic carbocycles. The zero-order valence-electron chi connectivity index (χ0n) is 32.0. The Kier molecular flexibility index (Phi) is 7.75. The Morgan fingerprint density at radius 3 is 1.83 bits per heavy atom. The Bertz CT molecular complexity index is 3550. The number of furan rings is 1. The topological polar surface area (TPSA) is 16.4 Å². The van der Waals surface area contributed by atoms with Gasteiger partial charge in [-0.1, -0.05) is 170 Å². The maximum absolute atomic E-state index is 6.80. The molecular weight excluding hydrogens is 735 g/mol. The van der Waals surface area contributed by atoms with E-state index in [0.29, 0.717) is 0 Å². The van der Waals surface area contributed by atoms with Crippen molar-refractivity contribution in [2.75, 3.05) is 4.90 Å². The van der Waals surface area contributed by atoms with Crippen LogP contribution in [-0.2, 0) is 0 Å². The molecule has 0 aliphatic rings. The van der Waals surface area contributed by atoms with Crippen LogP contribution in [0.1, 0.15) is 0 Å². The summed E-state index contributed by atoms with van der Waals surface area (Å²) in [5.41, 5.74) is 12.2. The molecule has 0 saturated carbocycles. The summed E-state index contributed by atoms with van der Waals surface area (Å²) in [6.45, 7) is 0. The second-order valence-corrected chi connectivity index (χ2v) is 16.2. The summed E-state index contributed by atoms with van der Waals surface area (Å²) in [4.78, 5) is 2.44. The Balaban J connectivity index is 1.09. The molecule has 0 fully saturated rings. The minimum atomic E-state index is 0.873. The summed E-state index contributed by atoms with van der Waals surface area (Å²) >= 11 is 1.88. The lowest BCUT2D eigenvalue weighted by molar-refractivity contribution is 0.670. The van der Waals surface area contributed by atoms with Crippen molar-refractivity contribution in [3.63, 3.8) is 0 Å². The van der Waals surface area contributed by atoms with Gasteiger partial charge in [0, 0.05) is 42.2 Å².